The molecule has 1 aliphatic carbocycles. The SMILES string of the molecule is CC1=C/C(=C/Cl)CC1=O. The van der Waals surface area contributed by atoms with Crippen molar-refractivity contribution in [2.45, 2.75) is 13.3 Å². The Kier molecular flexibility index (Phi) is 1.72. The van der Waals surface area contributed by atoms with Crippen molar-refractivity contribution >= 4 is 17.4 Å². The molecule has 0 unspecified atom stereocenters. The van der Waals surface area contributed by atoms with Crippen LogP contribution in [0.5, 0.6) is 0 Å². The minimum Gasteiger partial charge on any atom is -0.294 e. The first-order valence-electron chi connectivity index (χ1n) is 2.75. The highest BCUT2D eigenvalue weighted by atomic mass is 35.5. The molecule has 0 aromatic carbocycles. The number of allylic oxidation sites excluding steroid dienone is 3. The van der Waals surface area contributed by atoms with Gasteiger partial charge < -0.3 is 0 Å². The van der Waals surface area contributed by atoms with Gasteiger partial charge in [0, 0.05) is 12.0 Å². The van der Waals surface area contributed by atoms with Crippen LogP contribution in [0.1, 0.15) is 13.3 Å². The minimum absolute atomic E-state index is 0.182. The molecule has 0 radical (unpaired) electrons. The molecule has 0 spiro atoms. The second-order valence-electron chi connectivity index (χ2n) is 2.11. The standard InChI is InChI=1S/C7H7ClO/c1-5-2-6(4-8)3-7(5)9/h2,4H,3H2,1H3/b6-4-. The monoisotopic (exact) mass is 142 g/mol. The van der Waals surface area contributed by atoms with Crippen molar-refractivity contribution in [3.8, 4) is 0 Å². The summed E-state index contributed by atoms with van der Waals surface area (Å²) < 4.78 is 0. The molecule has 1 aliphatic rings. The van der Waals surface area contributed by atoms with E-state index in [0.717, 1.165) is 11.1 Å². The molecule has 0 saturated carbocycles. The van der Waals surface area contributed by atoms with Gasteiger partial charge in [0.2, 0.25) is 0 Å². The van der Waals surface area contributed by atoms with E-state index < -0.39 is 0 Å². The lowest BCUT2D eigenvalue weighted by Crippen LogP contribution is -1.89. The molecule has 2 heteroatoms. The maximum atomic E-state index is 10.8. The highest BCUT2D eigenvalue weighted by molar-refractivity contribution is 6.26. The van der Waals surface area contributed by atoms with Gasteiger partial charge in [-0.3, -0.25) is 4.79 Å². The van der Waals surface area contributed by atoms with Gasteiger partial charge in [-0.1, -0.05) is 17.7 Å². The van der Waals surface area contributed by atoms with Crippen LogP contribution in [0.4, 0.5) is 0 Å². The third-order valence-electron chi connectivity index (χ3n) is 1.35. The van der Waals surface area contributed by atoms with E-state index in [1.54, 1.807) is 6.92 Å². The molecule has 0 saturated heterocycles. The molecule has 0 N–H and O–H groups in total. The lowest BCUT2D eigenvalue weighted by atomic mass is 10.2. The Labute approximate surface area is 59.0 Å². The summed E-state index contributed by atoms with van der Waals surface area (Å²) in [6.45, 7) is 1.80. The molecule has 9 heavy (non-hydrogen) atoms. The number of halogens is 1. The number of carbonyl (C=O) groups is 1. The lowest BCUT2D eigenvalue weighted by molar-refractivity contribution is -0.114. The van der Waals surface area contributed by atoms with Crippen LogP contribution in [0.15, 0.2) is 22.8 Å². The van der Waals surface area contributed by atoms with Gasteiger partial charge in [0.05, 0.1) is 0 Å². The Bertz CT molecular complexity index is 201. The van der Waals surface area contributed by atoms with E-state index >= 15 is 0 Å². The van der Waals surface area contributed by atoms with Crippen LogP contribution in [0.3, 0.4) is 0 Å². The normalized spacial score (nSPS) is 23.1. The van der Waals surface area contributed by atoms with Crippen LogP contribution in [-0.2, 0) is 4.79 Å². The van der Waals surface area contributed by atoms with Crippen molar-refractivity contribution in [3.05, 3.63) is 22.8 Å². The van der Waals surface area contributed by atoms with Crippen LogP contribution in [0, 0.1) is 0 Å². The summed E-state index contributed by atoms with van der Waals surface area (Å²) in [4.78, 5) is 10.8. The van der Waals surface area contributed by atoms with E-state index in [9.17, 15) is 4.79 Å². The molecule has 0 amide bonds. The van der Waals surface area contributed by atoms with Crippen LogP contribution in [0.25, 0.3) is 0 Å². The number of hydrogen-bond donors (Lipinski definition) is 0. The highest BCUT2D eigenvalue weighted by Crippen LogP contribution is 2.19. The van der Waals surface area contributed by atoms with E-state index in [2.05, 4.69) is 0 Å². The lowest BCUT2D eigenvalue weighted by Gasteiger charge is -1.83. The second-order valence-corrected chi connectivity index (χ2v) is 2.33. The quantitative estimate of drug-likeness (QED) is 0.506. The summed E-state index contributed by atoms with van der Waals surface area (Å²) in [6.07, 6.45) is 2.30. The second kappa shape index (κ2) is 2.36. The number of carbonyl (C=O) groups excluding carboxylic acids is 1. The Morgan fingerprint density at radius 1 is 1.78 bits per heavy atom. The Morgan fingerprint density at radius 3 is 2.67 bits per heavy atom. The molecule has 48 valence electrons. The predicted molar refractivity (Wildman–Crippen MR) is 37.3 cm³/mol. The van der Waals surface area contributed by atoms with Gasteiger partial charge in [-0.25, -0.2) is 0 Å². The van der Waals surface area contributed by atoms with Crippen LogP contribution >= 0.6 is 11.6 Å². The van der Waals surface area contributed by atoms with Gasteiger partial charge >= 0.3 is 0 Å². The van der Waals surface area contributed by atoms with E-state index in [1.165, 1.54) is 5.54 Å². The first-order chi connectivity index (χ1) is 4.24. The van der Waals surface area contributed by atoms with Crippen molar-refractivity contribution in [2.75, 3.05) is 0 Å². The fraction of sp³-hybridized carbons (Fsp3) is 0.286. The molecule has 0 heterocycles. The van der Waals surface area contributed by atoms with Gasteiger partial charge in [-0.15, -0.1) is 0 Å². The molecular formula is C7H7ClO. The summed E-state index contributed by atoms with van der Waals surface area (Å²) >= 11 is 5.38. The van der Waals surface area contributed by atoms with Crippen molar-refractivity contribution in [1.82, 2.24) is 0 Å². The van der Waals surface area contributed by atoms with Crippen LogP contribution in [-0.4, -0.2) is 5.78 Å². The largest absolute Gasteiger partial charge is 0.294 e. The maximum Gasteiger partial charge on any atom is 0.162 e. The van der Waals surface area contributed by atoms with Crippen molar-refractivity contribution < 1.29 is 4.79 Å². The van der Waals surface area contributed by atoms with Crippen molar-refractivity contribution in [2.24, 2.45) is 0 Å². The van der Waals surface area contributed by atoms with E-state index in [-0.39, 0.29) is 5.78 Å². The molecule has 0 aromatic heterocycles. The van der Waals surface area contributed by atoms with Gasteiger partial charge in [0.1, 0.15) is 0 Å². The van der Waals surface area contributed by atoms with Gasteiger partial charge in [0.15, 0.2) is 5.78 Å². The summed E-state index contributed by atoms with van der Waals surface area (Å²) in [7, 11) is 0. The Balaban J connectivity index is 2.86. The third kappa shape index (κ3) is 1.22. The minimum atomic E-state index is 0.182. The average Bonchev–Trinajstić information content (AvgIpc) is 2.13. The summed E-state index contributed by atoms with van der Waals surface area (Å²) in [6, 6.07) is 0. The zero-order chi connectivity index (χ0) is 6.85. The third-order valence-corrected chi connectivity index (χ3v) is 1.63. The van der Waals surface area contributed by atoms with E-state index in [4.69, 9.17) is 11.6 Å². The Morgan fingerprint density at radius 2 is 2.44 bits per heavy atom. The predicted octanol–water partition coefficient (Wildman–Crippen LogP) is 2.03. The summed E-state index contributed by atoms with van der Waals surface area (Å²) in [5, 5.41) is 0. The maximum absolute atomic E-state index is 10.8. The van der Waals surface area contributed by atoms with Crippen LogP contribution < -0.4 is 0 Å². The highest BCUT2D eigenvalue weighted by Gasteiger charge is 2.13. The zero-order valence-electron chi connectivity index (χ0n) is 5.15. The fourth-order valence-electron chi connectivity index (χ4n) is 0.805. The smallest absolute Gasteiger partial charge is 0.162 e. The molecule has 1 nitrogen and oxygen atoms in total. The zero-order valence-corrected chi connectivity index (χ0v) is 5.90. The number of ketones is 1. The molecule has 0 bridgehead atoms. The van der Waals surface area contributed by atoms with Gasteiger partial charge in [-0.2, -0.15) is 0 Å². The van der Waals surface area contributed by atoms with Gasteiger partial charge in [-0.05, 0) is 18.1 Å². The first-order valence-corrected chi connectivity index (χ1v) is 3.18. The molecule has 0 atom stereocenters. The van der Waals surface area contributed by atoms with E-state index in [1.807, 2.05) is 6.08 Å². The molecule has 0 aromatic rings. The average molecular weight is 143 g/mol. The Hall–Kier alpha value is -0.560. The van der Waals surface area contributed by atoms with Crippen molar-refractivity contribution in [3.63, 3.8) is 0 Å². The van der Waals surface area contributed by atoms with Crippen LogP contribution in [0.2, 0.25) is 0 Å². The molecule has 0 aliphatic heterocycles. The summed E-state index contributed by atoms with van der Waals surface area (Å²) in [5.74, 6) is 0.182. The molecule has 0 fully saturated rings. The van der Waals surface area contributed by atoms with E-state index in [0.29, 0.717) is 6.42 Å². The van der Waals surface area contributed by atoms with Gasteiger partial charge in [0.25, 0.3) is 0 Å². The van der Waals surface area contributed by atoms with Crippen molar-refractivity contribution in [1.29, 1.82) is 0 Å². The molecule has 1 rings (SSSR count). The first kappa shape index (κ1) is 6.56. The number of Topliss-reactive ketones (excluding diaryl/α,β-unsaturated/α-hetero) is 1. The number of hydrogen-bond acceptors (Lipinski definition) is 1. The summed E-state index contributed by atoms with van der Waals surface area (Å²) in [5.41, 5.74) is 3.18. The topological polar surface area (TPSA) is 17.1 Å². The fourth-order valence-corrected chi connectivity index (χ4v) is 0.945. The number of rotatable bonds is 0. The molecular weight excluding hydrogens is 136 g/mol.